The van der Waals surface area contributed by atoms with E-state index in [0.717, 1.165) is 19.5 Å². The maximum Gasteiger partial charge on any atom is 0.240 e. The van der Waals surface area contributed by atoms with Crippen molar-refractivity contribution < 1.29 is 17.9 Å². The highest BCUT2D eigenvalue weighted by Gasteiger charge is 2.24. The minimum atomic E-state index is -3.57. The maximum atomic E-state index is 12.7. The Kier molecular flexibility index (Phi) is 6.84. The molecule has 0 saturated carbocycles. The van der Waals surface area contributed by atoms with E-state index in [1.54, 1.807) is 31.4 Å². The van der Waals surface area contributed by atoms with Gasteiger partial charge in [-0.2, -0.15) is 0 Å². The fraction of sp³-hybridized carbons (Fsp3) is 0.400. The smallest absolute Gasteiger partial charge is 0.240 e. The second-order valence-electron chi connectivity index (χ2n) is 6.52. The molecular weight excluding hydrogens is 364 g/mol. The number of morpholine rings is 1. The molecule has 1 aliphatic heterocycles. The molecule has 6 nitrogen and oxygen atoms in total. The number of hydrogen-bond acceptors (Lipinski definition) is 5. The van der Waals surface area contributed by atoms with E-state index < -0.39 is 10.0 Å². The summed E-state index contributed by atoms with van der Waals surface area (Å²) in [5.74, 6) is 0.629. The highest BCUT2D eigenvalue weighted by molar-refractivity contribution is 7.89. The van der Waals surface area contributed by atoms with Crippen LogP contribution in [0.4, 0.5) is 0 Å². The molecule has 1 aliphatic rings. The number of ether oxygens (including phenoxy) is 2. The van der Waals surface area contributed by atoms with Gasteiger partial charge in [0.25, 0.3) is 0 Å². The van der Waals surface area contributed by atoms with Gasteiger partial charge in [-0.15, -0.1) is 0 Å². The first-order valence-electron chi connectivity index (χ1n) is 9.08. The molecular formula is C20H26N2O4S. The van der Waals surface area contributed by atoms with Crippen molar-refractivity contribution in [1.29, 1.82) is 0 Å². The zero-order valence-electron chi connectivity index (χ0n) is 15.5. The predicted molar refractivity (Wildman–Crippen MR) is 105 cm³/mol. The van der Waals surface area contributed by atoms with E-state index in [2.05, 4.69) is 21.8 Å². The number of nitrogens with zero attached hydrogens (tertiary/aromatic N) is 1. The number of methoxy groups -OCH3 is 1. The van der Waals surface area contributed by atoms with Crippen LogP contribution in [0.5, 0.6) is 5.75 Å². The lowest BCUT2D eigenvalue weighted by molar-refractivity contribution is 0.0177. The first kappa shape index (κ1) is 19.8. The summed E-state index contributed by atoms with van der Waals surface area (Å²) in [6.07, 6.45) is 0.784. The SMILES string of the molecule is COc1ccc(S(=O)(=O)NCC(Cc2ccccc2)N2CCOCC2)cc1. The molecule has 0 radical (unpaired) electrons. The molecule has 2 aromatic rings. The van der Waals surface area contributed by atoms with Gasteiger partial charge in [0.2, 0.25) is 10.0 Å². The van der Waals surface area contributed by atoms with Crippen molar-refractivity contribution in [2.75, 3.05) is 40.0 Å². The fourth-order valence-electron chi connectivity index (χ4n) is 3.20. The van der Waals surface area contributed by atoms with Crippen LogP contribution in [0.3, 0.4) is 0 Å². The molecule has 1 saturated heterocycles. The number of nitrogens with one attached hydrogen (secondary N) is 1. The second-order valence-corrected chi connectivity index (χ2v) is 8.29. The minimum absolute atomic E-state index is 0.0734. The van der Waals surface area contributed by atoms with E-state index in [9.17, 15) is 8.42 Å². The maximum absolute atomic E-state index is 12.7. The van der Waals surface area contributed by atoms with E-state index in [-0.39, 0.29) is 10.9 Å². The van der Waals surface area contributed by atoms with Crippen molar-refractivity contribution in [2.24, 2.45) is 0 Å². The van der Waals surface area contributed by atoms with Crippen LogP contribution >= 0.6 is 0 Å². The molecule has 0 spiro atoms. The van der Waals surface area contributed by atoms with Crippen molar-refractivity contribution in [3.63, 3.8) is 0 Å². The summed E-state index contributed by atoms with van der Waals surface area (Å²) in [7, 11) is -2.02. The van der Waals surface area contributed by atoms with Gasteiger partial charge in [-0.25, -0.2) is 13.1 Å². The molecule has 1 fully saturated rings. The van der Waals surface area contributed by atoms with Gasteiger partial charge in [0, 0.05) is 25.7 Å². The molecule has 27 heavy (non-hydrogen) atoms. The number of hydrogen-bond donors (Lipinski definition) is 1. The van der Waals surface area contributed by atoms with Gasteiger partial charge >= 0.3 is 0 Å². The van der Waals surface area contributed by atoms with Crippen molar-refractivity contribution in [1.82, 2.24) is 9.62 Å². The quantitative estimate of drug-likeness (QED) is 0.746. The first-order chi connectivity index (χ1) is 13.1. The van der Waals surface area contributed by atoms with E-state index >= 15 is 0 Å². The van der Waals surface area contributed by atoms with Crippen LogP contribution in [-0.4, -0.2) is 59.3 Å². The van der Waals surface area contributed by atoms with E-state index in [1.807, 2.05) is 18.2 Å². The van der Waals surface area contributed by atoms with Gasteiger partial charge in [-0.3, -0.25) is 4.90 Å². The third-order valence-corrected chi connectivity index (χ3v) is 6.19. The molecule has 3 rings (SSSR count). The summed E-state index contributed by atoms with van der Waals surface area (Å²) in [5, 5.41) is 0. The monoisotopic (exact) mass is 390 g/mol. The van der Waals surface area contributed by atoms with Crippen molar-refractivity contribution >= 4 is 10.0 Å². The lowest BCUT2D eigenvalue weighted by Gasteiger charge is -2.34. The second kappa shape index (κ2) is 9.32. The van der Waals surface area contributed by atoms with Gasteiger partial charge in [-0.05, 0) is 36.2 Å². The van der Waals surface area contributed by atoms with Crippen molar-refractivity contribution in [2.45, 2.75) is 17.4 Å². The normalized spacial score (nSPS) is 16.8. The highest BCUT2D eigenvalue weighted by Crippen LogP contribution is 2.16. The third kappa shape index (κ3) is 5.52. The molecule has 1 atom stereocenters. The molecule has 1 unspecified atom stereocenters. The Balaban J connectivity index is 1.70. The largest absolute Gasteiger partial charge is 0.497 e. The lowest BCUT2D eigenvalue weighted by atomic mass is 10.0. The van der Waals surface area contributed by atoms with Crippen molar-refractivity contribution in [3.8, 4) is 5.75 Å². The Morgan fingerprint density at radius 1 is 1.07 bits per heavy atom. The van der Waals surface area contributed by atoms with Crippen LogP contribution in [-0.2, 0) is 21.2 Å². The molecule has 0 amide bonds. The van der Waals surface area contributed by atoms with Crippen LogP contribution in [0.25, 0.3) is 0 Å². The summed E-state index contributed by atoms with van der Waals surface area (Å²) in [6, 6.07) is 16.6. The third-order valence-electron chi connectivity index (χ3n) is 4.75. The van der Waals surface area contributed by atoms with Crippen LogP contribution in [0.1, 0.15) is 5.56 Å². The van der Waals surface area contributed by atoms with Crippen LogP contribution < -0.4 is 9.46 Å². The van der Waals surface area contributed by atoms with Gasteiger partial charge in [0.1, 0.15) is 5.75 Å². The summed E-state index contributed by atoms with van der Waals surface area (Å²) < 4.78 is 38.7. The highest BCUT2D eigenvalue weighted by atomic mass is 32.2. The predicted octanol–water partition coefficient (Wildman–Crippen LogP) is 1.92. The van der Waals surface area contributed by atoms with E-state index in [0.29, 0.717) is 25.5 Å². The van der Waals surface area contributed by atoms with Crippen LogP contribution in [0.15, 0.2) is 59.5 Å². The number of rotatable bonds is 8. The van der Waals surface area contributed by atoms with Gasteiger partial charge < -0.3 is 9.47 Å². The Hall–Kier alpha value is -1.93. The van der Waals surface area contributed by atoms with E-state index in [1.165, 1.54) is 5.56 Å². The average molecular weight is 391 g/mol. The average Bonchev–Trinajstić information content (AvgIpc) is 2.72. The lowest BCUT2D eigenvalue weighted by Crippen LogP contribution is -2.49. The zero-order valence-corrected chi connectivity index (χ0v) is 16.3. The molecule has 7 heteroatoms. The Morgan fingerprint density at radius 2 is 1.74 bits per heavy atom. The van der Waals surface area contributed by atoms with Gasteiger partial charge in [-0.1, -0.05) is 30.3 Å². The molecule has 0 bridgehead atoms. The summed E-state index contributed by atoms with van der Waals surface area (Å²) in [6.45, 7) is 3.32. The van der Waals surface area contributed by atoms with Crippen LogP contribution in [0, 0.1) is 0 Å². The summed E-state index contributed by atoms with van der Waals surface area (Å²) in [4.78, 5) is 2.54. The number of sulfonamides is 1. The molecule has 2 aromatic carbocycles. The molecule has 0 aliphatic carbocycles. The standard InChI is InChI=1S/C20H26N2O4S/c1-25-19-7-9-20(10-8-19)27(23,24)21-16-18(22-11-13-26-14-12-22)15-17-5-3-2-4-6-17/h2-10,18,21H,11-16H2,1H3. The first-order valence-corrected chi connectivity index (χ1v) is 10.6. The fourth-order valence-corrected chi connectivity index (χ4v) is 4.28. The Morgan fingerprint density at radius 3 is 2.37 bits per heavy atom. The number of benzene rings is 2. The summed E-state index contributed by atoms with van der Waals surface area (Å²) in [5.41, 5.74) is 1.19. The Labute approximate surface area is 161 Å². The topological polar surface area (TPSA) is 67.9 Å². The van der Waals surface area contributed by atoms with Gasteiger partial charge in [0.15, 0.2) is 0 Å². The zero-order chi connectivity index (χ0) is 19.1. The van der Waals surface area contributed by atoms with Crippen LogP contribution in [0.2, 0.25) is 0 Å². The summed E-state index contributed by atoms with van der Waals surface area (Å²) >= 11 is 0. The molecule has 0 aromatic heterocycles. The Bertz CT molecular complexity index is 804. The van der Waals surface area contributed by atoms with Crippen molar-refractivity contribution in [3.05, 3.63) is 60.2 Å². The molecule has 146 valence electrons. The molecule has 1 heterocycles. The van der Waals surface area contributed by atoms with Gasteiger partial charge in [0.05, 0.1) is 25.2 Å². The van der Waals surface area contributed by atoms with E-state index in [4.69, 9.17) is 9.47 Å². The molecule has 1 N–H and O–H groups in total. The minimum Gasteiger partial charge on any atom is -0.497 e.